The minimum absolute atomic E-state index is 0.346. The summed E-state index contributed by atoms with van der Waals surface area (Å²) in [5.41, 5.74) is 2.68. The summed E-state index contributed by atoms with van der Waals surface area (Å²) in [5, 5.41) is 0. The molecule has 0 aromatic heterocycles. The van der Waals surface area contributed by atoms with Gasteiger partial charge in [-0.25, -0.2) is 0 Å². The summed E-state index contributed by atoms with van der Waals surface area (Å²) in [6.45, 7) is 6.95. The monoisotopic (exact) mass is 272 g/mol. The first-order chi connectivity index (χ1) is 9.72. The molecule has 3 rings (SSSR count). The molecule has 1 aliphatic carbocycles. The van der Waals surface area contributed by atoms with E-state index in [-0.39, 0.29) is 0 Å². The molecule has 1 aromatic carbocycles. The Morgan fingerprint density at radius 1 is 1.10 bits per heavy atom. The van der Waals surface area contributed by atoms with E-state index in [4.69, 9.17) is 0 Å². The number of carbonyl (C=O) groups excluding carboxylic acids is 1. The first-order valence-electron chi connectivity index (χ1n) is 7.79. The zero-order valence-corrected chi connectivity index (χ0v) is 12.3. The second kappa shape index (κ2) is 5.96. The minimum atomic E-state index is 0.346. The molecule has 0 atom stereocenters. The molecule has 20 heavy (non-hydrogen) atoms. The number of carbonyl (C=O) groups is 1. The van der Waals surface area contributed by atoms with E-state index in [1.54, 1.807) is 0 Å². The fourth-order valence-electron chi connectivity index (χ4n) is 2.99. The van der Waals surface area contributed by atoms with Crippen molar-refractivity contribution >= 4 is 5.91 Å². The van der Waals surface area contributed by atoms with Gasteiger partial charge in [-0.3, -0.25) is 9.69 Å². The van der Waals surface area contributed by atoms with Crippen molar-refractivity contribution in [2.45, 2.75) is 32.7 Å². The molecule has 0 N–H and O–H groups in total. The van der Waals surface area contributed by atoms with E-state index >= 15 is 0 Å². The van der Waals surface area contributed by atoms with E-state index in [9.17, 15) is 4.79 Å². The van der Waals surface area contributed by atoms with Gasteiger partial charge in [0, 0.05) is 38.6 Å². The third kappa shape index (κ3) is 3.04. The molecule has 0 spiro atoms. The molecule has 2 fully saturated rings. The number of piperazine rings is 1. The average molecular weight is 272 g/mol. The second-order valence-corrected chi connectivity index (χ2v) is 6.21. The van der Waals surface area contributed by atoms with Gasteiger partial charge in [-0.2, -0.15) is 0 Å². The Balaban J connectivity index is 1.48. The molecule has 1 aliphatic heterocycles. The summed E-state index contributed by atoms with van der Waals surface area (Å²) in [6, 6.07) is 8.76. The number of rotatable bonds is 3. The summed E-state index contributed by atoms with van der Waals surface area (Å²) in [4.78, 5) is 16.7. The van der Waals surface area contributed by atoms with Crippen molar-refractivity contribution in [2.24, 2.45) is 5.92 Å². The predicted molar refractivity (Wildman–Crippen MR) is 80.4 cm³/mol. The molecule has 0 bridgehead atoms. The quantitative estimate of drug-likeness (QED) is 0.844. The van der Waals surface area contributed by atoms with Crippen molar-refractivity contribution in [2.75, 3.05) is 26.2 Å². The number of amides is 1. The molecule has 108 valence electrons. The third-order valence-electron chi connectivity index (χ3n) is 4.67. The van der Waals surface area contributed by atoms with Gasteiger partial charge in [-0.1, -0.05) is 36.2 Å². The normalized spacial score (nSPS) is 20.8. The van der Waals surface area contributed by atoms with Gasteiger partial charge < -0.3 is 4.90 Å². The van der Waals surface area contributed by atoms with Crippen molar-refractivity contribution < 1.29 is 4.79 Å². The van der Waals surface area contributed by atoms with E-state index in [0.717, 1.165) is 45.6 Å². The standard InChI is InChI=1S/C17H24N2O/c1-14-5-7-15(8-6-14)13-18-9-11-19(12-10-18)17(20)16-3-2-4-16/h5-8,16H,2-4,9-13H2,1H3. The number of hydrogen-bond acceptors (Lipinski definition) is 2. The molecule has 1 saturated carbocycles. The first-order valence-corrected chi connectivity index (χ1v) is 7.79. The molecule has 1 heterocycles. The van der Waals surface area contributed by atoms with Gasteiger partial charge >= 0.3 is 0 Å². The lowest BCUT2D eigenvalue weighted by Gasteiger charge is -2.38. The zero-order valence-electron chi connectivity index (χ0n) is 12.3. The van der Waals surface area contributed by atoms with Crippen LogP contribution in [0.2, 0.25) is 0 Å². The Bertz CT molecular complexity index is 456. The van der Waals surface area contributed by atoms with Crippen LogP contribution in [-0.2, 0) is 11.3 Å². The van der Waals surface area contributed by atoms with Crippen LogP contribution in [0.1, 0.15) is 30.4 Å². The Labute approximate surface area is 121 Å². The highest BCUT2D eigenvalue weighted by Crippen LogP contribution is 2.28. The van der Waals surface area contributed by atoms with Crippen LogP contribution in [0.3, 0.4) is 0 Å². The van der Waals surface area contributed by atoms with Crippen LogP contribution in [-0.4, -0.2) is 41.9 Å². The van der Waals surface area contributed by atoms with Gasteiger partial charge in [0.25, 0.3) is 0 Å². The Morgan fingerprint density at radius 3 is 2.30 bits per heavy atom. The molecular formula is C17H24N2O. The van der Waals surface area contributed by atoms with Crippen LogP contribution in [0.25, 0.3) is 0 Å². The third-order valence-corrected chi connectivity index (χ3v) is 4.67. The highest BCUT2D eigenvalue weighted by atomic mass is 16.2. The van der Waals surface area contributed by atoms with Crippen LogP contribution in [0.4, 0.5) is 0 Å². The van der Waals surface area contributed by atoms with Crippen molar-refractivity contribution in [1.29, 1.82) is 0 Å². The number of nitrogens with zero attached hydrogens (tertiary/aromatic N) is 2. The van der Waals surface area contributed by atoms with Gasteiger partial charge in [-0.05, 0) is 25.3 Å². The number of benzene rings is 1. The van der Waals surface area contributed by atoms with Crippen LogP contribution in [0.5, 0.6) is 0 Å². The topological polar surface area (TPSA) is 23.6 Å². The van der Waals surface area contributed by atoms with Gasteiger partial charge in [0.15, 0.2) is 0 Å². The molecule has 1 saturated heterocycles. The summed E-state index contributed by atoms with van der Waals surface area (Å²) in [7, 11) is 0. The molecule has 0 radical (unpaired) electrons. The maximum atomic E-state index is 12.2. The summed E-state index contributed by atoms with van der Waals surface area (Å²) in [5.74, 6) is 0.755. The van der Waals surface area contributed by atoms with Gasteiger partial charge in [-0.15, -0.1) is 0 Å². The van der Waals surface area contributed by atoms with Crippen molar-refractivity contribution in [3.8, 4) is 0 Å². The summed E-state index contributed by atoms with van der Waals surface area (Å²) in [6.07, 6.45) is 3.47. The number of hydrogen-bond donors (Lipinski definition) is 0. The molecule has 1 amide bonds. The van der Waals surface area contributed by atoms with Gasteiger partial charge in [0.1, 0.15) is 0 Å². The van der Waals surface area contributed by atoms with Gasteiger partial charge in [0.2, 0.25) is 5.91 Å². The zero-order chi connectivity index (χ0) is 13.9. The molecule has 2 aliphatic rings. The van der Waals surface area contributed by atoms with Gasteiger partial charge in [0.05, 0.1) is 0 Å². The van der Waals surface area contributed by atoms with Crippen LogP contribution in [0.15, 0.2) is 24.3 Å². The fraction of sp³-hybridized carbons (Fsp3) is 0.588. The Morgan fingerprint density at radius 2 is 1.75 bits per heavy atom. The van der Waals surface area contributed by atoms with E-state index in [1.165, 1.54) is 17.5 Å². The molecule has 1 aromatic rings. The van der Waals surface area contributed by atoms with Crippen molar-refractivity contribution in [1.82, 2.24) is 9.80 Å². The van der Waals surface area contributed by atoms with Crippen LogP contribution < -0.4 is 0 Å². The average Bonchev–Trinajstić information content (AvgIpc) is 2.40. The molecule has 0 unspecified atom stereocenters. The highest BCUT2D eigenvalue weighted by molar-refractivity contribution is 5.79. The SMILES string of the molecule is Cc1ccc(CN2CCN(C(=O)C3CCC3)CC2)cc1. The Kier molecular flexibility index (Phi) is 4.06. The largest absolute Gasteiger partial charge is 0.340 e. The van der Waals surface area contributed by atoms with Crippen LogP contribution >= 0.6 is 0 Å². The van der Waals surface area contributed by atoms with Crippen LogP contribution in [0, 0.1) is 12.8 Å². The van der Waals surface area contributed by atoms with E-state index < -0.39 is 0 Å². The summed E-state index contributed by atoms with van der Waals surface area (Å²) >= 11 is 0. The maximum Gasteiger partial charge on any atom is 0.225 e. The highest BCUT2D eigenvalue weighted by Gasteiger charge is 2.30. The second-order valence-electron chi connectivity index (χ2n) is 6.21. The molecule has 3 nitrogen and oxygen atoms in total. The fourth-order valence-corrected chi connectivity index (χ4v) is 2.99. The minimum Gasteiger partial charge on any atom is -0.340 e. The first kappa shape index (κ1) is 13.6. The summed E-state index contributed by atoms with van der Waals surface area (Å²) < 4.78 is 0. The predicted octanol–water partition coefficient (Wildman–Crippen LogP) is 2.44. The van der Waals surface area contributed by atoms with Crippen molar-refractivity contribution in [3.05, 3.63) is 35.4 Å². The van der Waals surface area contributed by atoms with E-state index in [0.29, 0.717) is 11.8 Å². The molecule has 3 heteroatoms. The lowest BCUT2D eigenvalue weighted by atomic mass is 9.84. The van der Waals surface area contributed by atoms with E-state index in [1.807, 2.05) is 0 Å². The number of aryl methyl sites for hydroxylation is 1. The van der Waals surface area contributed by atoms with E-state index in [2.05, 4.69) is 41.0 Å². The molecular weight excluding hydrogens is 248 g/mol. The lowest BCUT2D eigenvalue weighted by molar-refractivity contribution is -0.140. The maximum absolute atomic E-state index is 12.2. The smallest absolute Gasteiger partial charge is 0.225 e. The lowest BCUT2D eigenvalue weighted by Crippen LogP contribution is -2.50. The Hall–Kier alpha value is -1.35. The van der Waals surface area contributed by atoms with Crippen molar-refractivity contribution in [3.63, 3.8) is 0 Å².